The zero-order valence-corrected chi connectivity index (χ0v) is 15.1. The topological polar surface area (TPSA) is 55.6 Å². The Morgan fingerprint density at radius 2 is 2.04 bits per heavy atom. The summed E-state index contributed by atoms with van der Waals surface area (Å²) < 4.78 is 40.8. The smallest absolute Gasteiger partial charge is 0.345 e. The molecule has 0 saturated carbocycles. The van der Waals surface area contributed by atoms with Crippen molar-refractivity contribution in [2.24, 2.45) is 0 Å². The molecule has 0 fully saturated rings. The van der Waals surface area contributed by atoms with Gasteiger partial charge in [-0.1, -0.05) is 31.2 Å². The molecule has 1 atom stereocenters. The number of hydrogen-bond donors (Lipinski definition) is 1. The van der Waals surface area contributed by atoms with E-state index >= 15 is 0 Å². The van der Waals surface area contributed by atoms with Gasteiger partial charge in [-0.25, -0.2) is 9.97 Å². The van der Waals surface area contributed by atoms with Gasteiger partial charge in [-0.2, -0.15) is 18.2 Å². The Hall–Kier alpha value is -3.16. The van der Waals surface area contributed by atoms with Gasteiger partial charge in [0, 0.05) is 6.20 Å². The van der Waals surface area contributed by atoms with Crippen LogP contribution in [0.5, 0.6) is 0 Å². The Bertz CT molecular complexity index is 1070. The van der Waals surface area contributed by atoms with E-state index in [4.69, 9.17) is 0 Å². The third-order valence-electron chi connectivity index (χ3n) is 4.90. The average Bonchev–Trinajstić information content (AvgIpc) is 3.11. The quantitative estimate of drug-likeness (QED) is 0.693. The summed E-state index contributed by atoms with van der Waals surface area (Å²) in [6.07, 6.45) is 8.38. The van der Waals surface area contributed by atoms with Crippen LogP contribution in [0.4, 0.5) is 19.1 Å². The van der Waals surface area contributed by atoms with E-state index in [1.807, 2.05) is 12.2 Å². The van der Waals surface area contributed by atoms with Crippen molar-refractivity contribution in [1.29, 1.82) is 0 Å². The molecule has 0 aliphatic heterocycles. The Labute approximate surface area is 159 Å². The van der Waals surface area contributed by atoms with Gasteiger partial charge in [0.25, 0.3) is 0 Å². The summed E-state index contributed by atoms with van der Waals surface area (Å²) in [7, 11) is 0. The number of halogens is 3. The summed E-state index contributed by atoms with van der Waals surface area (Å²) in [6, 6.07) is 5.11. The van der Waals surface area contributed by atoms with E-state index in [1.165, 1.54) is 17.0 Å². The molecule has 28 heavy (non-hydrogen) atoms. The van der Waals surface area contributed by atoms with Crippen LogP contribution in [0, 0.1) is 0 Å². The van der Waals surface area contributed by atoms with E-state index in [2.05, 4.69) is 39.3 Å². The molecule has 2 aromatic heterocycles. The van der Waals surface area contributed by atoms with E-state index in [-0.39, 0.29) is 5.54 Å². The molecule has 0 spiro atoms. The molecule has 1 aliphatic rings. The highest BCUT2D eigenvalue weighted by molar-refractivity contribution is 5.78. The van der Waals surface area contributed by atoms with Crippen LogP contribution in [-0.2, 0) is 6.18 Å². The van der Waals surface area contributed by atoms with Crippen molar-refractivity contribution in [3.05, 3.63) is 66.7 Å². The standard InChI is InChI=1S/C20H18F3N5/c1-2-19(9-4-3-5-10-19)27-18-24-11-8-17(26-18)28-13-25-15-7-6-14(12-16(15)28)20(21,22)23/h3-9,11-13H,2,10H2,1H3,(H,24,26,27)/t19-/m1/s1. The lowest BCUT2D eigenvalue weighted by atomic mass is 9.89. The molecule has 5 nitrogen and oxygen atoms in total. The maximum atomic E-state index is 13.1. The fraction of sp³-hybridized carbons (Fsp3) is 0.250. The first-order valence-electron chi connectivity index (χ1n) is 8.90. The Kier molecular flexibility index (Phi) is 4.41. The maximum Gasteiger partial charge on any atom is 0.416 e. The lowest BCUT2D eigenvalue weighted by molar-refractivity contribution is -0.137. The van der Waals surface area contributed by atoms with E-state index in [0.717, 1.165) is 25.0 Å². The molecule has 1 aliphatic carbocycles. The molecular formula is C20H18F3N5. The van der Waals surface area contributed by atoms with Gasteiger partial charge in [-0.05, 0) is 37.1 Å². The number of nitrogens with zero attached hydrogens (tertiary/aromatic N) is 4. The number of aromatic nitrogens is 4. The zero-order chi connectivity index (χ0) is 19.8. The third kappa shape index (κ3) is 3.37. The molecule has 0 radical (unpaired) electrons. The Balaban J connectivity index is 1.72. The number of anilines is 1. The van der Waals surface area contributed by atoms with Crippen LogP contribution in [0.1, 0.15) is 25.3 Å². The molecule has 2 heterocycles. The van der Waals surface area contributed by atoms with E-state index in [9.17, 15) is 13.2 Å². The molecule has 1 aromatic carbocycles. The van der Waals surface area contributed by atoms with Crippen molar-refractivity contribution >= 4 is 17.0 Å². The van der Waals surface area contributed by atoms with Crippen LogP contribution in [0.3, 0.4) is 0 Å². The highest BCUT2D eigenvalue weighted by Crippen LogP contribution is 2.32. The van der Waals surface area contributed by atoms with Gasteiger partial charge in [0.1, 0.15) is 12.1 Å². The van der Waals surface area contributed by atoms with E-state index in [1.54, 1.807) is 12.3 Å². The van der Waals surface area contributed by atoms with Gasteiger partial charge in [-0.3, -0.25) is 4.57 Å². The van der Waals surface area contributed by atoms with Crippen LogP contribution in [0.2, 0.25) is 0 Å². The maximum absolute atomic E-state index is 13.1. The van der Waals surface area contributed by atoms with E-state index in [0.29, 0.717) is 22.8 Å². The predicted octanol–water partition coefficient (Wildman–Crippen LogP) is 4.91. The number of alkyl halides is 3. The predicted molar refractivity (Wildman–Crippen MR) is 101 cm³/mol. The van der Waals surface area contributed by atoms with Crippen LogP contribution in [-0.4, -0.2) is 25.1 Å². The van der Waals surface area contributed by atoms with Gasteiger partial charge in [-0.15, -0.1) is 0 Å². The number of imidazole rings is 1. The van der Waals surface area contributed by atoms with Crippen molar-refractivity contribution in [3.8, 4) is 5.82 Å². The number of rotatable bonds is 4. The fourth-order valence-electron chi connectivity index (χ4n) is 3.24. The molecule has 8 heteroatoms. The normalized spacial score (nSPS) is 19.3. The summed E-state index contributed by atoms with van der Waals surface area (Å²) in [5.74, 6) is 0.856. The van der Waals surface area contributed by atoms with Crippen molar-refractivity contribution in [2.75, 3.05) is 5.32 Å². The van der Waals surface area contributed by atoms with Crippen molar-refractivity contribution in [3.63, 3.8) is 0 Å². The molecule has 0 amide bonds. The van der Waals surface area contributed by atoms with Gasteiger partial charge in [0.05, 0.1) is 22.1 Å². The number of allylic oxidation sites excluding steroid dienone is 2. The van der Waals surface area contributed by atoms with Crippen molar-refractivity contribution < 1.29 is 13.2 Å². The van der Waals surface area contributed by atoms with Gasteiger partial charge in [0.2, 0.25) is 5.95 Å². The number of fused-ring (bicyclic) bond motifs is 1. The second-order valence-corrected chi connectivity index (χ2v) is 6.68. The van der Waals surface area contributed by atoms with Gasteiger partial charge < -0.3 is 5.32 Å². The van der Waals surface area contributed by atoms with Crippen LogP contribution in [0.15, 0.2) is 61.1 Å². The molecule has 0 bridgehead atoms. The molecule has 144 valence electrons. The minimum absolute atomic E-state index is 0.284. The molecule has 4 rings (SSSR count). The number of nitrogens with one attached hydrogen (secondary N) is 1. The number of benzene rings is 1. The second kappa shape index (κ2) is 6.78. The van der Waals surface area contributed by atoms with Gasteiger partial charge >= 0.3 is 6.18 Å². The minimum Gasteiger partial charge on any atom is -0.345 e. The van der Waals surface area contributed by atoms with Gasteiger partial charge in [0.15, 0.2) is 0 Å². The summed E-state index contributed by atoms with van der Waals surface area (Å²) in [6.45, 7) is 2.07. The molecule has 1 N–H and O–H groups in total. The highest BCUT2D eigenvalue weighted by atomic mass is 19.4. The van der Waals surface area contributed by atoms with Crippen molar-refractivity contribution in [2.45, 2.75) is 31.5 Å². The first kappa shape index (κ1) is 18.2. The lowest BCUT2D eigenvalue weighted by Gasteiger charge is -2.31. The summed E-state index contributed by atoms with van der Waals surface area (Å²) in [5, 5.41) is 3.36. The molecule has 0 unspecified atom stereocenters. The SMILES string of the molecule is CC[C@@]1(Nc2nccc(-n3cnc4ccc(C(F)(F)F)cc43)n2)C=CC=CC1. The third-order valence-corrected chi connectivity index (χ3v) is 4.90. The molecule has 3 aromatic rings. The van der Waals surface area contributed by atoms with Crippen LogP contribution < -0.4 is 5.32 Å². The monoisotopic (exact) mass is 385 g/mol. The Morgan fingerprint density at radius 1 is 1.18 bits per heavy atom. The van der Waals surface area contributed by atoms with E-state index < -0.39 is 11.7 Å². The summed E-state index contributed by atoms with van der Waals surface area (Å²) >= 11 is 0. The average molecular weight is 385 g/mol. The zero-order valence-electron chi connectivity index (χ0n) is 15.1. The summed E-state index contributed by atoms with van der Waals surface area (Å²) in [4.78, 5) is 13.0. The van der Waals surface area contributed by atoms with Crippen molar-refractivity contribution in [1.82, 2.24) is 19.5 Å². The van der Waals surface area contributed by atoms with Crippen LogP contribution in [0.25, 0.3) is 16.9 Å². The fourth-order valence-corrected chi connectivity index (χ4v) is 3.24. The molecule has 0 saturated heterocycles. The lowest BCUT2D eigenvalue weighted by Crippen LogP contribution is -2.36. The summed E-state index contributed by atoms with van der Waals surface area (Å²) in [5.41, 5.74) is -0.205. The molecular weight excluding hydrogens is 367 g/mol. The second-order valence-electron chi connectivity index (χ2n) is 6.68. The first-order valence-corrected chi connectivity index (χ1v) is 8.90. The Morgan fingerprint density at radius 3 is 2.75 bits per heavy atom. The largest absolute Gasteiger partial charge is 0.416 e. The highest BCUT2D eigenvalue weighted by Gasteiger charge is 2.31. The van der Waals surface area contributed by atoms with Crippen LogP contribution >= 0.6 is 0 Å². The minimum atomic E-state index is -4.42. The first-order chi connectivity index (χ1) is 13.4. The number of hydrogen-bond acceptors (Lipinski definition) is 4.